The van der Waals surface area contributed by atoms with Gasteiger partial charge >= 0.3 is 0 Å². The van der Waals surface area contributed by atoms with E-state index in [4.69, 9.17) is 0 Å². The molecule has 0 saturated heterocycles. The zero-order valence-electron chi connectivity index (χ0n) is 8.18. The van der Waals surface area contributed by atoms with Gasteiger partial charge in [-0.2, -0.15) is 0 Å². The van der Waals surface area contributed by atoms with Crippen molar-refractivity contribution in [1.82, 2.24) is 5.32 Å². The Labute approximate surface area is 102 Å². The molecule has 0 unspecified atom stereocenters. The van der Waals surface area contributed by atoms with Gasteiger partial charge in [0.2, 0.25) is 0 Å². The third-order valence-electron chi connectivity index (χ3n) is 1.88. The van der Waals surface area contributed by atoms with E-state index in [2.05, 4.69) is 17.2 Å². The maximum atomic E-state index is 4.32. The third kappa shape index (κ3) is 6.60. The Morgan fingerprint density at radius 3 is 2.85 bits per heavy atom. The van der Waals surface area contributed by atoms with Gasteiger partial charge in [0.25, 0.3) is 0 Å². The van der Waals surface area contributed by atoms with Gasteiger partial charge in [-0.3, -0.25) is 4.99 Å². The Hall–Kier alpha value is 0.550. The van der Waals surface area contributed by atoms with Crippen LogP contribution in [0.15, 0.2) is 4.99 Å². The Bertz CT molecular complexity index is 151. The first kappa shape index (κ1) is 13.5. The van der Waals surface area contributed by atoms with Crippen molar-refractivity contribution < 1.29 is 24.0 Å². The highest BCUT2D eigenvalue weighted by atomic mass is 127. The fraction of sp³-hybridized carbons (Fsp3) is 0.889. The lowest BCUT2D eigenvalue weighted by molar-refractivity contribution is -0.00000260. The van der Waals surface area contributed by atoms with E-state index >= 15 is 0 Å². The molecule has 1 aliphatic rings. The van der Waals surface area contributed by atoms with E-state index < -0.39 is 0 Å². The molecule has 0 fully saturated rings. The fourth-order valence-corrected chi connectivity index (χ4v) is 2.10. The van der Waals surface area contributed by atoms with E-state index in [1.54, 1.807) is 0 Å². The highest BCUT2D eigenvalue weighted by Gasteiger charge is 2.03. The zero-order chi connectivity index (χ0) is 8.65. The van der Waals surface area contributed by atoms with Crippen LogP contribution < -0.4 is 29.3 Å². The van der Waals surface area contributed by atoms with Gasteiger partial charge in [-0.15, -0.1) is 0 Å². The van der Waals surface area contributed by atoms with Crippen molar-refractivity contribution in [1.29, 1.82) is 0 Å². The summed E-state index contributed by atoms with van der Waals surface area (Å²) < 4.78 is 0. The lowest BCUT2D eigenvalue weighted by atomic mass is 10.2. The summed E-state index contributed by atoms with van der Waals surface area (Å²) in [5.74, 6) is 1.23. The fourth-order valence-electron chi connectivity index (χ4n) is 1.17. The number of thioether (sulfide) groups is 1. The highest BCUT2D eigenvalue weighted by molar-refractivity contribution is 8.13. The van der Waals surface area contributed by atoms with E-state index in [-0.39, 0.29) is 24.0 Å². The molecular formula is C9H18IN2S-. The van der Waals surface area contributed by atoms with E-state index in [0.29, 0.717) is 0 Å². The third-order valence-corrected chi connectivity index (χ3v) is 2.92. The van der Waals surface area contributed by atoms with Crippen LogP contribution in [0.25, 0.3) is 0 Å². The first-order chi connectivity index (χ1) is 5.93. The molecule has 1 N–H and O–H groups in total. The average Bonchev–Trinajstić information content (AvgIpc) is 2.57. The molecule has 13 heavy (non-hydrogen) atoms. The molecule has 0 aliphatic carbocycles. The summed E-state index contributed by atoms with van der Waals surface area (Å²) in [6.07, 6.45) is 5.40. The van der Waals surface area contributed by atoms with Crippen LogP contribution in [0.3, 0.4) is 0 Å². The Morgan fingerprint density at radius 1 is 1.38 bits per heavy atom. The Balaban J connectivity index is 0.00000144. The van der Waals surface area contributed by atoms with Crippen molar-refractivity contribution in [2.45, 2.75) is 32.6 Å². The summed E-state index contributed by atoms with van der Waals surface area (Å²) in [5.41, 5.74) is 0. The van der Waals surface area contributed by atoms with Crippen LogP contribution in [0.2, 0.25) is 0 Å². The SMILES string of the molecule is CCCCCCSC1=NCCN1.[I-]. The predicted octanol–water partition coefficient (Wildman–Crippen LogP) is -0.737. The normalized spacial score (nSPS) is 14.7. The lowest BCUT2D eigenvalue weighted by Gasteiger charge is -2.00. The minimum Gasteiger partial charge on any atom is -1.00 e. The quantitative estimate of drug-likeness (QED) is 0.534. The standard InChI is InChI=1S/C9H18N2S.HI/c1-2-3-4-5-8-12-9-10-6-7-11-9;/h2-8H2,1H3,(H,10,11);1H/p-1. The van der Waals surface area contributed by atoms with Crippen molar-refractivity contribution in [2.75, 3.05) is 18.8 Å². The number of hydrogen-bond donors (Lipinski definition) is 1. The van der Waals surface area contributed by atoms with Crippen LogP contribution in [0, 0.1) is 0 Å². The van der Waals surface area contributed by atoms with Gasteiger partial charge < -0.3 is 29.3 Å². The second-order valence-electron chi connectivity index (χ2n) is 3.02. The summed E-state index contributed by atoms with van der Waals surface area (Å²) >= 11 is 1.87. The smallest absolute Gasteiger partial charge is 0.156 e. The van der Waals surface area contributed by atoms with Crippen molar-refractivity contribution >= 4 is 16.9 Å². The molecule has 2 nitrogen and oxygen atoms in total. The van der Waals surface area contributed by atoms with Crippen LogP contribution in [0.4, 0.5) is 0 Å². The number of aliphatic imine (C=N–C) groups is 1. The zero-order valence-corrected chi connectivity index (χ0v) is 11.2. The molecular weight excluding hydrogens is 295 g/mol. The number of nitrogens with zero attached hydrogens (tertiary/aromatic N) is 1. The lowest BCUT2D eigenvalue weighted by Crippen LogP contribution is -3.00. The van der Waals surface area contributed by atoms with Gasteiger partial charge in [0.1, 0.15) is 0 Å². The minimum absolute atomic E-state index is 0. The number of nitrogens with one attached hydrogen (secondary N) is 1. The largest absolute Gasteiger partial charge is 1.00 e. The second-order valence-corrected chi connectivity index (χ2v) is 4.11. The number of amidine groups is 1. The summed E-state index contributed by atoms with van der Waals surface area (Å²) in [6, 6.07) is 0. The van der Waals surface area contributed by atoms with E-state index in [1.807, 2.05) is 11.8 Å². The van der Waals surface area contributed by atoms with E-state index in [1.165, 1.54) is 31.4 Å². The molecule has 0 atom stereocenters. The van der Waals surface area contributed by atoms with Gasteiger partial charge in [-0.1, -0.05) is 37.9 Å². The van der Waals surface area contributed by atoms with Crippen LogP contribution in [-0.4, -0.2) is 24.0 Å². The van der Waals surface area contributed by atoms with Gasteiger partial charge in [0.15, 0.2) is 5.17 Å². The van der Waals surface area contributed by atoms with Gasteiger partial charge in [-0.25, -0.2) is 0 Å². The molecule has 0 saturated carbocycles. The van der Waals surface area contributed by atoms with Gasteiger partial charge in [0, 0.05) is 12.3 Å². The first-order valence-electron chi connectivity index (χ1n) is 4.84. The van der Waals surface area contributed by atoms with Crippen LogP contribution in [-0.2, 0) is 0 Å². The molecule has 0 bridgehead atoms. The van der Waals surface area contributed by atoms with Crippen molar-refractivity contribution in [2.24, 2.45) is 4.99 Å². The molecule has 1 aliphatic heterocycles. The predicted molar refractivity (Wildman–Crippen MR) is 56.9 cm³/mol. The highest BCUT2D eigenvalue weighted by Crippen LogP contribution is 2.09. The van der Waals surface area contributed by atoms with Crippen LogP contribution in [0.1, 0.15) is 32.6 Å². The molecule has 0 aromatic carbocycles. The Morgan fingerprint density at radius 2 is 2.23 bits per heavy atom. The second kappa shape index (κ2) is 9.12. The summed E-state index contributed by atoms with van der Waals surface area (Å²) in [4.78, 5) is 4.32. The maximum absolute atomic E-state index is 4.32. The molecule has 0 radical (unpaired) electrons. The average molecular weight is 313 g/mol. The maximum Gasteiger partial charge on any atom is 0.156 e. The molecule has 0 spiro atoms. The Kier molecular flexibility index (Phi) is 9.50. The topological polar surface area (TPSA) is 24.4 Å². The summed E-state index contributed by atoms with van der Waals surface area (Å²) in [7, 11) is 0. The molecule has 0 aromatic heterocycles. The van der Waals surface area contributed by atoms with E-state index in [0.717, 1.165) is 18.3 Å². The van der Waals surface area contributed by atoms with Crippen LogP contribution in [0.5, 0.6) is 0 Å². The summed E-state index contributed by atoms with van der Waals surface area (Å²) in [6.45, 7) is 4.25. The molecule has 1 rings (SSSR count). The van der Waals surface area contributed by atoms with Crippen molar-refractivity contribution in [3.05, 3.63) is 0 Å². The van der Waals surface area contributed by atoms with Gasteiger partial charge in [0.05, 0.1) is 6.54 Å². The molecule has 0 amide bonds. The van der Waals surface area contributed by atoms with E-state index in [9.17, 15) is 0 Å². The number of rotatable bonds is 5. The summed E-state index contributed by atoms with van der Waals surface area (Å²) in [5, 5.41) is 4.42. The molecule has 0 aromatic rings. The number of unbranched alkanes of at least 4 members (excludes halogenated alkanes) is 3. The minimum atomic E-state index is 0. The monoisotopic (exact) mass is 313 g/mol. The number of halogens is 1. The van der Waals surface area contributed by atoms with Crippen molar-refractivity contribution in [3.63, 3.8) is 0 Å². The number of hydrogen-bond acceptors (Lipinski definition) is 3. The van der Waals surface area contributed by atoms with Gasteiger partial charge in [-0.05, 0) is 6.42 Å². The molecule has 78 valence electrons. The molecule has 4 heteroatoms. The molecule has 1 heterocycles. The van der Waals surface area contributed by atoms with Crippen LogP contribution >= 0.6 is 11.8 Å². The first-order valence-corrected chi connectivity index (χ1v) is 5.83. The van der Waals surface area contributed by atoms with Crippen molar-refractivity contribution in [3.8, 4) is 0 Å².